The Morgan fingerprint density at radius 2 is 1.80 bits per heavy atom. The first-order valence-electron chi connectivity index (χ1n) is 16.0. The van der Waals surface area contributed by atoms with Crippen LogP contribution in [-0.4, -0.2) is 45.3 Å². The van der Waals surface area contributed by atoms with E-state index in [0.29, 0.717) is 42.4 Å². The fourth-order valence-electron chi connectivity index (χ4n) is 6.13. The van der Waals surface area contributed by atoms with E-state index in [-0.39, 0.29) is 12.5 Å². The molecule has 7 rings (SSSR count). The van der Waals surface area contributed by atoms with Gasteiger partial charge >= 0.3 is 0 Å². The highest BCUT2D eigenvalue weighted by atomic mass is 32.1. The Bertz CT molecular complexity index is 2090. The van der Waals surface area contributed by atoms with E-state index in [1.54, 1.807) is 4.90 Å². The largest absolute Gasteiger partial charge is 0.481 e. The normalized spacial score (nSPS) is 16.4. The van der Waals surface area contributed by atoms with E-state index in [1.165, 1.54) is 11.3 Å². The molecule has 1 N–H and O–H groups in total. The predicted octanol–water partition coefficient (Wildman–Crippen LogP) is 7.82. The number of carbonyl (C=O) groups is 1. The number of hydrogen-bond acceptors (Lipinski definition) is 7. The van der Waals surface area contributed by atoms with E-state index in [1.807, 2.05) is 60.0 Å². The second-order valence-electron chi connectivity index (χ2n) is 11.9. The van der Waals surface area contributed by atoms with E-state index in [0.717, 1.165) is 38.3 Å². The Morgan fingerprint density at radius 1 is 1.02 bits per heavy atom. The van der Waals surface area contributed by atoms with Crippen molar-refractivity contribution < 1.29 is 31.9 Å². The standard InChI is InChI=1S/C37H31F4N5O3S/c38-35(39)29-19-31(36(40)41)46(43-29)21-34(47)45-16-14-25(15-17-45)37-42-30(22-50-37)28-20-33(49-44-28)27-12-3-4-13-32(27)48-18-6-10-24-9-5-8-23-7-1-2-11-26(23)24/h1-5,7-9,11-13,19-20,22,25,33,35-36,44H,14-18,21H2. The average Bonchev–Trinajstić information content (AvgIpc) is 3.91. The Morgan fingerprint density at radius 3 is 2.62 bits per heavy atom. The van der Waals surface area contributed by atoms with Crippen LogP contribution in [0.2, 0.25) is 0 Å². The highest BCUT2D eigenvalue weighted by molar-refractivity contribution is 7.09. The number of alkyl halides is 4. The minimum absolute atomic E-state index is 0.104. The minimum atomic E-state index is -3.02. The summed E-state index contributed by atoms with van der Waals surface area (Å²) >= 11 is 1.52. The lowest BCUT2D eigenvalue weighted by Gasteiger charge is -2.31. The number of amides is 1. The smallest absolute Gasteiger partial charge is 0.282 e. The van der Waals surface area contributed by atoms with Crippen LogP contribution in [0, 0.1) is 11.8 Å². The van der Waals surface area contributed by atoms with Crippen LogP contribution in [0.1, 0.15) is 70.9 Å². The molecule has 1 atom stereocenters. The van der Waals surface area contributed by atoms with Crippen LogP contribution in [0.3, 0.4) is 0 Å². The number of nitrogens with one attached hydrogen (secondary N) is 1. The van der Waals surface area contributed by atoms with Gasteiger partial charge in [0.25, 0.3) is 12.9 Å². The van der Waals surface area contributed by atoms with Crippen molar-refractivity contribution in [2.45, 2.75) is 44.3 Å². The summed E-state index contributed by atoms with van der Waals surface area (Å²) in [4.78, 5) is 25.2. The van der Waals surface area contributed by atoms with Crippen molar-refractivity contribution in [1.82, 2.24) is 25.1 Å². The molecule has 4 heterocycles. The monoisotopic (exact) mass is 701 g/mol. The van der Waals surface area contributed by atoms with E-state index < -0.39 is 42.8 Å². The van der Waals surface area contributed by atoms with Crippen LogP contribution in [0.4, 0.5) is 17.6 Å². The maximum atomic E-state index is 13.4. The van der Waals surface area contributed by atoms with Gasteiger partial charge in [0, 0.05) is 35.5 Å². The van der Waals surface area contributed by atoms with Gasteiger partial charge in [-0.25, -0.2) is 22.5 Å². The second-order valence-corrected chi connectivity index (χ2v) is 12.7. The first-order valence-corrected chi connectivity index (χ1v) is 16.9. The van der Waals surface area contributed by atoms with Gasteiger partial charge in [0.2, 0.25) is 5.91 Å². The van der Waals surface area contributed by atoms with Crippen LogP contribution >= 0.6 is 11.3 Å². The van der Waals surface area contributed by atoms with Crippen LogP contribution in [0.5, 0.6) is 5.75 Å². The van der Waals surface area contributed by atoms with E-state index in [4.69, 9.17) is 14.6 Å². The molecule has 2 aromatic heterocycles. The quantitative estimate of drug-likeness (QED) is 0.125. The molecule has 1 saturated heterocycles. The average molecular weight is 702 g/mol. The number of hydrogen-bond donors (Lipinski definition) is 1. The van der Waals surface area contributed by atoms with Gasteiger partial charge in [0.15, 0.2) is 0 Å². The summed E-state index contributed by atoms with van der Waals surface area (Å²) in [6, 6.07) is 22.5. The van der Waals surface area contributed by atoms with Crippen LogP contribution in [0.25, 0.3) is 16.5 Å². The molecule has 3 aromatic carbocycles. The minimum Gasteiger partial charge on any atom is -0.481 e. The third kappa shape index (κ3) is 7.22. The molecule has 2 aliphatic heterocycles. The van der Waals surface area contributed by atoms with Gasteiger partial charge in [-0.1, -0.05) is 66.4 Å². The molecule has 256 valence electrons. The molecule has 2 aliphatic rings. The van der Waals surface area contributed by atoms with Crippen molar-refractivity contribution in [2.75, 3.05) is 19.7 Å². The first kappa shape index (κ1) is 33.3. The number of halogens is 4. The number of hydroxylamine groups is 1. The summed E-state index contributed by atoms with van der Waals surface area (Å²) < 4.78 is 59.5. The molecular formula is C37H31F4N5O3S. The third-order valence-electron chi connectivity index (χ3n) is 8.71. The SMILES string of the molecule is O=C(Cn1nc(C(F)F)cc1C(F)F)N1CCC(c2nc(C3=CC(c4ccccc4OCC#Cc4cccc5ccccc45)ON3)cs2)CC1. The summed E-state index contributed by atoms with van der Waals surface area (Å²) in [6.45, 7) is 0.462. The maximum absolute atomic E-state index is 13.4. The second kappa shape index (κ2) is 14.7. The lowest BCUT2D eigenvalue weighted by atomic mass is 9.97. The lowest BCUT2D eigenvalue weighted by molar-refractivity contribution is -0.133. The number of ether oxygens (including phenoxy) is 1. The van der Waals surface area contributed by atoms with Gasteiger partial charge in [-0.2, -0.15) is 5.10 Å². The summed E-state index contributed by atoms with van der Waals surface area (Å²) in [5.74, 6) is 6.67. The lowest BCUT2D eigenvalue weighted by Crippen LogP contribution is -2.40. The molecule has 0 saturated carbocycles. The van der Waals surface area contributed by atoms with Crippen molar-refractivity contribution in [1.29, 1.82) is 0 Å². The number of aromatic nitrogens is 3. The third-order valence-corrected chi connectivity index (χ3v) is 9.72. The number of fused-ring (bicyclic) bond motifs is 1. The zero-order valence-corrected chi connectivity index (χ0v) is 27.4. The number of likely N-dealkylation sites (tertiary alicyclic amines) is 1. The zero-order chi connectivity index (χ0) is 34.6. The number of rotatable bonds is 9. The van der Waals surface area contributed by atoms with Gasteiger partial charge in [-0.05, 0) is 47.9 Å². The Kier molecular flexibility index (Phi) is 9.82. The van der Waals surface area contributed by atoms with E-state index >= 15 is 0 Å². The highest BCUT2D eigenvalue weighted by Crippen LogP contribution is 2.36. The topological polar surface area (TPSA) is 81.5 Å². The molecule has 5 aromatic rings. The van der Waals surface area contributed by atoms with Gasteiger partial charge < -0.3 is 9.64 Å². The molecular weight excluding hydrogens is 670 g/mol. The number of para-hydroxylation sites is 1. The van der Waals surface area contributed by atoms with Crippen molar-refractivity contribution >= 4 is 33.7 Å². The van der Waals surface area contributed by atoms with Crippen LogP contribution in [-0.2, 0) is 16.2 Å². The fraction of sp³-hybridized carbons (Fsp3) is 0.270. The molecule has 1 fully saturated rings. The van der Waals surface area contributed by atoms with Crippen molar-refractivity contribution in [3.63, 3.8) is 0 Å². The van der Waals surface area contributed by atoms with Gasteiger partial charge in [-0.15, -0.1) is 11.3 Å². The molecule has 0 aliphatic carbocycles. The summed E-state index contributed by atoms with van der Waals surface area (Å²) in [5, 5.41) is 8.63. The van der Waals surface area contributed by atoms with Gasteiger partial charge in [0.05, 0.1) is 16.4 Å². The predicted molar refractivity (Wildman–Crippen MR) is 181 cm³/mol. The van der Waals surface area contributed by atoms with E-state index in [2.05, 4.69) is 40.6 Å². The van der Waals surface area contributed by atoms with E-state index in [9.17, 15) is 22.4 Å². The Balaban J connectivity index is 0.953. The maximum Gasteiger partial charge on any atom is 0.282 e. The van der Waals surface area contributed by atoms with Crippen molar-refractivity contribution in [2.24, 2.45) is 0 Å². The fourth-order valence-corrected chi connectivity index (χ4v) is 7.12. The summed E-state index contributed by atoms with van der Waals surface area (Å²) in [5.41, 5.74) is 4.78. The molecule has 1 amide bonds. The van der Waals surface area contributed by atoms with Gasteiger partial charge in [0.1, 0.15) is 36.4 Å². The number of carbonyl (C=O) groups excluding carboxylic acids is 1. The molecule has 8 nitrogen and oxygen atoms in total. The van der Waals surface area contributed by atoms with Crippen LogP contribution < -0.4 is 10.2 Å². The molecule has 0 bridgehead atoms. The Labute approximate surface area is 289 Å². The van der Waals surface area contributed by atoms with Crippen LogP contribution in [0.15, 0.2) is 84.3 Å². The first-order chi connectivity index (χ1) is 24.3. The van der Waals surface area contributed by atoms with Crippen molar-refractivity contribution in [3.05, 3.63) is 117 Å². The number of benzene rings is 3. The molecule has 0 radical (unpaired) electrons. The molecule has 1 unspecified atom stereocenters. The Hall–Kier alpha value is -5.19. The highest BCUT2D eigenvalue weighted by Gasteiger charge is 2.29. The molecule has 13 heteroatoms. The van der Waals surface area contributed by atoms with Gasteiger partial charge in [-0.3, -0.25) is 19.8 Å². The number of piperidine rings is 1. The summed E-state index contributed by atoms with van der Waals surface area (Å²) in [6.07, 6.45) is -3.23. The van der Waals surface area contributed by atoms with Crippen molar-refractivity contribution in [3.8, 4) is 17.6 Å². The molecule has 0 spiro atoms. The summed E-state index contributed by atoms with van der Waals surface area (Å²) in [7, 11) is 0. The zero-order valence-electron chi connectivity index (χ0n) is 26.6. The molecule has 50 heavy (non-hydrogen) atoms. The number of thiazole rings is 1. The number of nitrogens with zero attached hydrogens (tertiary/aromatic N) is 4.